The maximum atomic E-state index is 5.67. The van der Waals surface area contributed by atoms with Gasteiger partial charge in [0.2, 0.25) is 0 Å². The van der Waals surface area contributed by atoms with Crippen LogP contribution in [0.1, 0.15) is 19.3 Å². The minimum Gasteiger partial charge on any atom is -0.382 e. The van der Waals surface area contributed by atoms with E-state index >= 15 is 0 Å². The van der Waals surface area contributed by atoms with Gasteiger partial charge in [0.05, 0.1) is 19.3 Å². The summed E-state index contributed by atoms with van der Waals surface area (Å²) in [6.45, 7) is 2.94. The Balaban J connectivity index is 1.74. The number of hydrogen-bond donors (Lipinski definition) is 1. The zero-order valence-electron chi connectivity index (χ0n) is 9.83. The summed E-state index contributed by atoms with van der Waals surface area (Å²) in [5.74, 6) is 0. The Morgan fingerprint density at radius 1 is 1.13 bits per heavy atom. The molecule has 0 bridgehead atoms. The predicted octanol–water partition coefficient (Wildman–Crippen LogP) is 0.806. The second kappa shape index (κ2) is 8.05. The van der Waals surface area contributed by atoms with E-state index in [0.29, 0.717) is 25.4 Å². The maximum Gasteiger partial charge on any atom is 0.0700 e. The monoisotopic (exact) mass is 217 g/mol. The van der Waals surface area contributed by atoms with Crippen molar-refractivity contribution in [2.24, 2.45) is 0 Å². The Morgan fingerprint density at radius 2 is 1.93 bits per heavy atom. The highest BCUT2D eigenvalue weighted by Crippen LogP contribution is 2.22. The van der Waals surface area contributed by atoms with Crippen molar-refractivity contribution in [3.05, 3.63) is 0 Å². The Kier molecular flexibility index (Phi) is 6.92. The molecule has 0 aromatic heterocycles. The first-order chi connectivity index (χ1) is 7.36. The SMILES string of the molecule is CNC1CC(OCCCOCCOC)C1. The first kappa shape index (κ1) is 12.9. The van der Waals surface area contributed by atoms with Crippen LogP contribution >= 0.6 is 0 Å². The number of nitrogens with one attached hydrogen (secondary N) is 1. The second-order valence-corrected chi connectivity index (χ2v) is 3.91. The third-order valence-electron chi connectivity index (χ3n) is 2.72. The van der Waals surface area contributed by atoms with Crippen molar-refractivity contribution in [2.45, 2.75) is 31.4 Å². The lowest BCUT2D eigenvalue weighted by Crippen LogP contribution is -2.43. The topological polar surface area (TPSA) is 39.7 Å². The van der Waals surface area contributed by atoms with Gasteiger partial charge in [-0.1, -0.05) is 0 Å². The molecule has 4 heteroatoms. The quantitative estimate of drug-likeness (QED) is 0.580. The number of methoxy groups -OCH3 is 1. The van der Waals surface area contributed by atoms with Gasteiger partial charge in [0.1, 0.15) is 0 Å². The number of ether oxygens (including phenoxy) is 3. The number of rotatable bonds is 9. The van der Waals surface area contributed by atoms with Gasteiger partial charge in [-0.05, 0) is 26.3 Å². The average Bonchev–Trinajstić information content (AvgIpc) is 2.19. The summed E-state index contributed by atoms with van der Waals surface area (Å²) < 4.78 is 15.9. The highest BCUT2D eigenvalue weighted by Gasteiger charge is 2.27. The molecule has 0 aromatic rings. The fraction of sp³-hybridized carbons (Fsp3) is 1.00. The van der Waals surface area contributed by atoms with Crippen molar-refractivity contribution in [2.75, 3.05) is 40.6 Å². The molecule has 0 heterocycles. The third kappa shape index (κ3) is 5.47. The lowest BCUT2D eigenvalue weighted by atomic mass is 9.89. The molecule has 1 saturated carbocycles. The average molecular weight is 217 g/mol. The van der Waals surface area contributed by atoms with Crippen molar-refractivity contribution in [1.82, 2.24) is 5.32 Å². The first-order valence-electron chi connectivity index (χ1n) is 5.72. The Hall–Kier alpha value is -0.160. The van der Waals surface area contributed by atoms with Crippen LogP contribution in [0, 0.1) is 0 Å². The van der Waals surface area contributed by atoms with Gasteiger partial charge in [0.15, 0.2) is 0 Å². The zero-order chi connectivity index (χ0) is 10.9. The van der Waals surface area contributed by atoms with E-state index in [0.717, 1.165) is 32.5 Å². The van der Waals surface area contributed by atoms with Crippen molar-refractivity contribution in [3.8, 4) is 0 Å². The molecule has 0 aliphatic heterocycles. The van der Waals surface area contributed by atoms with Crippen molar-refractivity contribution >= 4 is 0 Å². The van der Waals surface area contributed by atoms with Gasteiger partial charge in [-0.15, -0.1) is 0 Å². The van der Waals surface area contributed by atoms with Gasteiger partial charge in [-0.3, -0.25) is 0 Å². The smallest absolute Gasteiger partial charge is 0.0700 e. The van der Waals surface area contributed by atoms with Crippen LogP contribution in [0.4, 0.5) is 0 Å². The van der Waals surface area contributed by atoms with Gasteiger partial charge < -0.3 is 19.5 Å². The van der Waals surface area contributed by atoms with Crippen LogP contribution in [0.25, 0.3) is 0 Å². The maximum absolute atomic E-state index is 5.67. The molecule has 90 valence electrons. The van der Waals surface area contributed by atoms with E-state index in [1.807, 2.05) is 7.05 Å². The van der Waals surface area contributed by atoms with Crippen LogP contribution in [-0.4, -0.2) is 52.7 Å². The molecular formula is C11H23NO3. The molecule has 0 radical (unpaired) electrons. The molecule has 0 saturated heterocycles. The number of hydrogen-bond acceptors (Lipinski definition) is 4. The van der Waals surface area contributed by atoms with Crippen LogP contribution in [0.2, 0.25) is 0 Å². The lowest BCUT2D eigenvalue weighted by molar-refractivity contribution is -0.0253. The molecule has 15 heavy (non-hydrogen) atoms. The van der Waals surface area contributed by atoms with E-state index in [1.165, 1.54) is 0 Å². The van der Waals surface area contributed by atoms with E-state index in [1.54, 1.807) is 7.11 Å². The molecule has 0 amide bonds. The molecule has 4 nitrogen and oxygen atoms in total. The van der Waals surface area contributed by atoms with Crippen molar-refractivity contribution in [1.29, 1.82) is 0 Å². The van der Waals surface area contributed by atoms with E-state index in [2.05, 4.69) is 5.32 Å². The Morgan fingerprint density at radius 3 is 2.60 bits per heavy atom. The van der Waals surface area contributed by atoms with E-state index in [-0.39, 0.29) is 0 Å². The molecule has 1 aliphatic rings. The van der Waals surface area contributed by atoms with Gasteiger partial charge in [0, 0.05) is 26.4 Å². The fourth-order valence-electron chi connectivity index (χ4n) is 1.59. The van der Waals surface area contributed by atoms with E-state index < -0.39 is 0 Å². The van der Waals surface area contributed by atoms with E-state index in [9.17, 15) is 0 Å². The second-order valence-electron chi connectivity index (χ2n) is 3.91. The largest absolute Gasteiger partial charge is 0.382 e. The Labute approximate surface area is 92.3 Å². The Bertz CT molecular complexity index is 149. The standard InChI is InChI=1S/C11H23NO3/c1-12-10-8-11(9-10)15-5-3-4-14-7-6-13-2/h10-12H,3-9H2,1-2H3. The zero-order valence-corrected chi connectivity index (χ0v) is 9.83. The minimum absolute atomic E-state index is 0.474. The normalized spacial score (nSPS) is 25.2. The minimum atomic E-state index is 0.474. The van der Waals surface area contributed by atoms with Gasteiger partial charge >= 0.3 is 0 Å². The summed E-state index contributed by atoms with van der Waals surface area (Å²) in [5, 5.41) is 3.24. The molecule has 0 spiro atoms. The van der Waals surface area contributed by atoms with E-state index in [4.69, 9.17) is 14.2 Å². The summed E-state index contributed by atoms with van der Waals surface area (Å²) in [4.78, 5) is 0. The van der Waals surface area contributed by atoms with Crippen molar-refractivity contribution < 1.29 is 14.2 Å². The highest BCUT2D eigenvalue weighted by atomic mass is 16.5. The summed E-state index contributed by atoms with van der Waals surface area (Å²) in [6, 6.07) is 0.674. The van der Waals surface area contributed by atoms with Gasteiger partial charge in [0.25, 0.3) is 0 Å². The third-order valence-corrected chi connectivity index (χ3v) is 2.72. The van der Waals surface area contributed by atoms with Crippen LogP contribution in [-0.2, 0) is 14.2 Å². The van der Waals surface area contributed by atoms with Crippen LogP contribution < -0.4 is 5.32 Å². The molecular weight excluding hydrogens is 194 g/mol. The highest BCUT2D eigenvalue weighted by molar-refractivity contribution is 4.84. The summed E-state index contributed by atoms with van der Waals surface area (Å²) in [7, 11) is 3.69. The first-order valence-corrected chi connectivity index (χ1v) is 5.72. The molecule has 1 rings (SSSR count). The molecule has 1 aliphatic carbocycles. The molecule has 1 fully saturated rings. The van der Waals surface area contributed by atoms with Gasteiger partial charge in [-0.2, -0.15) is 0 Å². The van der Waals surface area contributed by atoms with Gasteiger partial charge in [-0.25, -0.2) is 0 Å². The molecule has 0 unspecified atom stereocenters. The van der Waals surface area contributed by atoms with Crippen LogP contribution in [0.5, 0.6) is 0 Å². The summed E-state index contributed by atoms with van der Waals surface area (Å²) >= 11 is 0. The van der Waals surface area contributed by atoms with Crippen LogP contribution in [0.3, 0.4) is 0 Å². The summed E-state index contributed by atoms with van der Waals surface area (Å²) in [5.41, 5.74) is 0. The van der Waals surface area contributed by atoms with Crippen LogP contribution in [0.15, 0.2) is 0 Å². The fourth-order valence-corrected chi connectivity index (χ4v) is 1.59. The van der Waals surface area contributed by atoms with Crippen molar-refractivity contribution in [3.63, 3.8) is 0 Å². The lowest BCUT2D eigenvalue weighted by Gasteiger charge is -2.34. The predicted molar refractivity (Wildman–Crippen MR) is 59.1 cm³/mol. The molecule has 1 N–H and O–H groups in total. The summed E-state index contributed by atoms with van der Waals surface area (Å²) in [6.07, 6.45) is 3.76. The molecule has 0 aromatic carbocycles. The molecule has 0 atom stereocenters.